The van der Waals surface area contributed by atoms with Gasteiger partial charge in [-0.2, -0.15) is 4.98 Å². The monoisotopic (exact) mass is 303 g/mol. The molecule has 112 valence electrons. The lowest BCUT2D eigenvalue weighted by Crippen LogP contribution is -2.25. The molecule has 0 unspecified atom stereocenters. The lowest BCUT2D eigenvalue weighted by molar-refractivity contribution is 0.354. The predicted molar refractivity (Wildman–Crippen MR) is 84.1 cm³/mol. The summed E-state index contributed by atoms with van der Waals surface area (Å²) < 4.78 is 5.30. The molecule has 21 heavy (non-hydrogen) atoms. The van der Waals surface area contributed by atoms with Crippen molar-refractivity contribution in [3.63, 3.8) is 0 Å². The maximum Gasteiger partial charge on any atom is 0.240 e. The molecule has 1 aromatic heterocycles. The molecule has 0 atom stereocenters. The van der Waals surface area contributed by atoms with E-state index in [1.165, 1.54) is 36.1 Å². The fraction of sp³-hybridized carbons (Fsp3) is 0.500. The number of rotatable bonds is 6. The molecule has 2 aromatic rings. The molecule has 1 aromatic carbocycles. The lowest BCUT2D eigenvalue weighted by Gasteiger charge is -2.08. The van der Waals surface area contributed by atoms with E-state index in [0.29, 0.717) is 18.5 Å². The van der Waals surface area contributed by atoms with E-state index in [4.69, 9.17) is 4.52 Å². The molecule has 0 saturated heterocycles. The van der Waals surface area contributed by atoms with Crippen LogP contribution in [0.1, 0.15) is 43.0 Å². The van der Waals surface area contributed by atoms with Crippen LogP contribution in [0.5, 0.6) is 0 Å². The zero-order valence-corrected chi connectivity index (χ0v) is 13.2. The van der Waals surface area contributed by atoms with E-state index in [1.807, 2.05) is 0 Å². The van der Waals surface area contributed by atoms with Crippen LogP contribution in [0.4, 0.5) is 0 Å². The SMILES string of the molecule is Cc1cccc(SCc2noc(CNC3CCCC3)n2)c1. The van der Waals surface area contributed by atoms with Gasteiger partial charge in [0.05, 0.1) is 12.3 Å². The van der Waals surface area contributed by atoms with E-state index in [9.17, 15) is 0 Å². The number of aromatic nitrogens is 2. The number of thioether (sulfide) groups is 1. The van der Waals surface area contributed by atoms with Crippen molar-refractivity contribution in [1.29, 1.82) is 0 Å². The van der Waals surface area contributed by atoms with Crippen molar-refractivity contribution in [3.8, 4) is 0 Å². The Morgan fingerprint density at radius 3 is 3.00 bits per heavy atom. The standard InChI is InChI=1S/C16H21N3OS/c1-12-5-4-8-14(9-12)21-11-15-18-16(20-19-15)10-17-13-6-2-3-7-13/h4-5,8-9,13,17H,2-3,6-7,10-11H2,1H3. The minimum Gasteiger partial charge on any atom is -0.338 e. The molecule has 1 aliphatic carbocycles. The molecule has 0 spiro atoms. The molecule has 3 rings (SSSR count). The number of nitrogens with one attached hydrogen (secondary N) is 1. The Hall–Kier alpha value is -1.33. The summed E-state index contributed by atoms with van der Waals surface area (Å²) in [6.07, 6.45) is 5.20. The van der Waals surface area contributed by atoms with Crippen LogP contribution in [0.25, 0.3) is 0 Å². The first kappa shape index (κ1) is 14.6. The number of hydrogen-bond donors (Lipinski definition) is 1. The largest absolute Gasteiger partial charge is 0.338 e. The molecule has 1 N–H and O–H groups in total. The van der Waals surface area contributed by atoms with Crippen molar-refractivity contribution in [2.24, 2.45) is 0 Å². The van der Waals surface area contributed by atoms with Crippen molar-refractivity contribution >= 4 is 11.8 Å². The maximum atomic E-state index is 5.30. The summed E-state index contributed by atoms with van der Waals surface area (Å²) in [5.74, 6) is 2.21. The molecular formula is C16H21N3OS. The molecule has 1 aliphatic rings. The minimum absolute atomic E-state index is 0.627. The van der Waals surface area contributed by atoms with Gasteiger partial charge in [0.1, 0.15) is 0 Å². The molecular weight excluding hydrogens is 282 g/mol. The zero-order chi connectivity index (χ0) is 14.5. The third-order valence-corrected chi connectivity index (χ3v) is 4.75. The van der Waals surface area contributed by atoms with E-state index in [1.54, 1.807) is 11.8 Å². The smallest absolute Gasteiger partial charge is 0.240 e. The first-order valence-corrected chi connectivity index (χ1v) is 8.52. The Kier molecular flexibility index (Phi) is 4.93. The summed E-state index contributed by atoms with van der Waals surface area (Å²) in [7, 11) is 0. The molecule has 1 heterocycles. The average Bonchev–Trinajstić information content (AvgIpc) is 3.15. The summed E-state index contributed by atoms with van der Waals surface area (Å²) in [5, 5.41) is 7.54. The third kappa shape index (κ3) is 4.32. The predicted octanol–water partition coefficient (Wildman–Crippen LogP) is 3.70. The first-order chi connectivity index (χ1) is 10.3. The minimum atomic E-state index is 0.627. The quantitative estimate of drug-likeness (QED) is 0.825. The van der Waals surface area contributed by atoms with E-state index in [-0.39, 0.29) is 0 Å². The Morgan fingerprint density at radius 1 is 1.33 bits per heavy atom. The Labute approximate surface area is 129 Å². The molecule has 0 aliphatic heterocycles. The van der Waals surface area contributed by atoms with Gasteiger partial charge < -0.3 is 9.84 Å². The fourth-order valence-corrected chi connectivity index (χ4v) is 3.49. The normalized spacial score (nSPS) is 15.7. The highest BCUT2D eigenvalue weighted by atomic mass is 32.2. The van der Waals surface area contributed by atoms with Gasteiger partial charge in [-0.15, -0.1) is 11.8 Å². The third-order valence-electron chi connectivity index (χ3n) is 3.76. The maximum absolute atomic E-state index is 5.30. The fourth-order valence-electron chi connectivity index (χ4n) is 2.64. The summed E-state index contributed by atoms with van der Waals surface area (Å²) >= 11 is 1.74. The highest BCUT2D eigenvalue weighted by molar-refractivity contribution is 7.98. The molecule has 0 amide bonds. The second-order valence-corrected chi connectivity index (χ2v) is 6.62. The number of benzene rings is 1. The number of aryl methyl sites for hydroxylation is 1. The van der Waals surface area contributed by atoms with Crippen LogP contribution in [-0.2, 0) is 12.3 Å². The highest BCUT2D eigenvalue weighted by Gasteiger charge is 2.15. The molecule has 1 saturated carbocycles. The van der Waals surface area contributed by atoms with Crippen LogP contribution in [0.15, 0.2) is 33.7 Å². The van der Waals surface area contributed by atoms with Gasteiger partial charge in [0, 0.05) is 10.9 Å². The Morgan fingerprint density at radius 2 is 2.19 bits per heavy atom. The van der Waals surface area contributed by atoms with Gasteiger partial charge >= 0.3 is 0 Å². The lowest BCUT2D eigenvalue weighted by atomic mass is 10.2. The molecule has 4 nitrogen and oxygen atoms in total. The van der Waals surface area contributed by atoms with E-state index >= 15 is 0 Å². The van der Waals surface area contributed by atoms with Crippen LogP contribution >= 0.6 is 11.8 Å². The first-order valence-electron chi connectivity index (χ1n) is 7.54. The van der Waals surface area contributed by atoms with E-state index < -0.39 is 0 Å². The van der Waals surface area contributed by atoms with Crippen molar-refractivity contribution < 1.29 is 4.52 Å². The van der Waals surface area contributed by atoms with E-state index in [2.05, 4.69) is 46.6 Å². The highest BCUT2D eigenvalue weighted by Crippen LogP contribution is 2.22. The van der Waals surface area contributed by atoms with Crippen LogP contribution in [0, 0.1) is 6.92 Å². The average molecular weight is 303 g/mol. The second-order valence-electron chi connectivity index (χ2n) is 5.57. The van der Waals surface area contributed by atoms with Crippen LogP contribution in [0.2, 0.25) is 0 Å². The molecule has 1 fully saturated rings. The van der Waals surface area contributed by atoms with Crippen LogP contribution < -0.4 is 5.32 Å². The van der Waals surface area contributed by atoms with Gasteiger partial charge in [-0.05, 0) is 31.9 Å². The van der Waals surface area contributed by atoms with Gasteiger partial charge in [-0.3, -0.25) is 0 Å². The summed E-state index contributed by atoms with van der Waals surface area (Å²) in [6, 6.07) is 9.09. The molecule has 5 heteroatoms. The van der Waals surface area contributed by atoms with E-state index in [0.717, 1.165) is 11.6 Å². The van der Waals surface area contributed by atoms with Crippen molar-refractivity contribution in [2.75, 3.05) is 0 Å². The Balaban J connectivity index is 1.48. The summed E-state index contributed by atoms with van der Waals surface area (Å²) in [4.78, 5) is 5.69. The van der Waals surface area contributed by atoms with Crippen molar-refractivity contribution in [1.82, 2.24) is 15.5 Å². The molecule has 0 radical (unpaired) electrons. The molecule has 0 bridgehead atoms. The summed E-state index contributed by atoms with van der Waals surface area (Å²) in [5.41, 5.74) is 1.27. The zero-order valence-electron chi connectivity index (χ0n) is 12.3. The van der Waals surface area contributed by atoms with Gasteiger partial charge in [0.15, 0.2) is 5.82 Å². The van der Waals surface area contributed by atoms with Gasteiger partial charge in [-0.1, -0.05) is 35.7 Å². The second kappa shape index (κ2) is 7.09. The summed E-state index contributed by atoms with van der Waals surface area (Å²) in [6.45, 7) is 2.79. The van der Waals surface area contributed by atoms with Gasteiger partial charge in [0.2, 0.25) is 5.89 Å². The van der Waals surface area contributed by atoms with Crippen molar-refractivity contribution in [2.45, 2.75) is 55.8 Å². The Bertz CT molecular complexity index is 578. The van der Waals surface area contributed by atoms with Gasteiger partial charge in [0.25, 0.3) is 0 Å². The number of hydrogen-bond acceptors (Lipinski definition) is 5. The van der Waals surface area contributed by atoms with Crippen LogP contribution in [-0.4, -0.2) is 16.2 Å². The topological polar surface area (TPSA) is 51.0 Å². The van der Waals surface area contributed by atoms with Crippen molar-refractivity contribution in [3.05, 3.63) is 41.5 Å². The number of nitrogens with zero attached hydrogens (tertiary/aromatic N) is 2. The van der Waals surface area contributed by atoms with Crippen LogP contribution in [0.3, 0.4) is 0 Å². The van der Waals surface area contributed by atoms with Gasteiger partial charge in [-0.25, -0.2) is 0 Å².